The summed E-state index contributed by atoms with van der Waals surface area (Å²) in [5, 5.41) is 16.3. The number of aryl methyl sites for hydroxylation is 1. The Bertz CT molecular complexity index is 1100. The SMILES string of the molecule is Cc1nnc2sc(-c3cccc(NC(=O)/C=C/c4ccccc4)c3)nn12. The van der Waals surface area contributed by atoms with E-state index in [0.717, 1.165) is 26.9 Å². The highest BCUT2D eigenvalue weighted by Gasteiger charge is 2.11. The first-order valence-electron chi connectivity index (χ1n) is 8.02. The summed E-state index contributed by atoms with van der Waals surface area (Å²) in [7, 11) is 0. The first-order valence-corrected chi connectivity index (χ1v) is 8.84. The van der Waals surface area contributed by atoms with Gasteiger partial charge < -0.3 is 5.32 Å². The van der Waals surface area contributed by atoms with Crippen molar-refractivity contribution in [1.82, 2.24) is 19.8 Å². The van der Waals surface area contributed by atoms with Gasteiger partial charge in [-0.1, -0.05) is 53.8 Å². The maximum atomic E-state index is 12.1. The van der Waals surface area contributed by atoms with Gasteiger partial charge in [-0.15, -0.1) is 10.2 Å². The third-order valence-electron chi connectivity index (χ3n) is 3.75. The van der Waals surface area contributed by atoms with Gasteiger partial charge >= 0.3 is 0 Å². The quantitative estimate of drug-likeness (QED) is 0.561. The van der Waals surface area contributed by atoms with Crippen LogP contribution in [0.5, 0.6) is 0 Å². The number of carbonyl (C=O) groups is 1. The molecule has 1 amide bonds. The molecular formula is C19H15N5OS. The average Bonchev–Trinajstić information content (AvgIpc) is 3.23. The molecular weight excluding hydrogens is 346 g/mol. The second-order valence-corrected chi connectivity index (χ2v) is 6.62. The van der Waals surface area contributed by atoms with Crippen molar-refractivity contribution in [3.8, 4) is 10.6 Å². The number of fused-ring (bicyclic) bond motifs is 1. The Morgan fingerprint density at radius 1 is 1.12 bits per heavy atom. The van der Waals surface area contributed by atoms with Gasteiger partial charge in [-0.25, -0.2) is 0 Å². The van der Waals surface area contributed by atoms with Crippen LogP contribution in [0.15, 0.2) is 60.7 Å². The lowest BCUT2D eigenvalue weighted by molar-refractivity contribution is -0.111. The molecule has 1 N–H and O–H groups in total. The van der Waals surface area contributed by atoms with E-state index in [0.29, 0.717) is 5.69 Å². The number of amides is 1. The van der Waals surface area contributed by atoms with Crippen LogP contribution in [0.25, 0.3) is 21.6 Å². The van der Waals surface area contributed by atoms with E-state index in [4.69, 9.17) is 0 Å². The fraction of sp³-hybridized carbons (Fsp3) is 0.0526. The largest absolute Gasteiger partial charge is 0.322 e. The summed E-state index contributed by atoms with van der Waals surface area (Å²) in [5.74, 6) is 0.568. The minimum Gasteiger partial charge on any atom is -0.322 e. The highest BCUT2D eigenvalue weighted by Crippen LogP contribution is 2.27. The Labute approximate surface area is 153 Å². The minimum absolute atomic E-state index is 0.181. The van der Waals surface area contributed by atoms with Crippen LogP contribution in [-0.4, -0.2) is 25.7 Å². The Balaban J connectivity index is 1.52. The Kier molecular flexibility index (Phi) is 4.28. The number of benzene rings is 2. The van der Waals surface area contributed by atoms with Gasteiger partial charge in [0.2, 0.25) is 10.9 Å². The van der Waals surface area contributed by atoms with E-state index in [1.807, 2.05) is 61.5 Å². The standard InChI is InChI=1S/C19H15N5OS/c1-13-21-22-19-24(13)23-18(26-19)15-8-5-9-16(12-15)20-17(25)11-10-14-6-3-2-4-7-14/h2-12H,1H3,(H,20,25)/b11-10+. The minimum atomic E-state index is -0.181. The topological polar surface area (TPSA) is 72.2 Å². The van der Waals surface area contributed by atoms with Crippen molar-refractivity contribution in [2.75, 3.05) is 5.32 Å². The van der Waals surface area contributed by atoms with Crippen molar-refractivity contribution in [2.24, 2.45) is 0 Å². The summed E-state index contributed by atoms with van der Waals surface area (Å²) in [6, 6.07) is 17.3. The van der Waals surface area contributed by atoms with Crippen molar-refractivity contribution >= 4 is 34.0 Å². The van der Waals surface area contributed by atoms with Gasteiger partial charge in [0.1, 0.15) is 5.01 Å². The van der Waals surface area contributed by atoms with Crippen molar-refractivity contribution in [3.63, 3.8) is 0 Å². The lowest BCUT2D eigenvalue weighted by atomic mass is 10.2. The van der Waals surface area contributed by atoms with E-state index in [-0.39, 0.29) is 5.91 Å². The van der Waals surface area contributed by atoms with Gasteiger partial charge in [-0.2, -0.15) is 9.61 Å². The van der Waals surface area contributed by atoms with Crippen LogP contribution in [0.3, 0.4) is 0 Å². The number of nitrogens with one attached hydrogen (secondary N) is 1. The normalized spacial score (nSPS) is 11.3. The molecule has 6 nitrogen and oxygen atoms in total. The summed E-state index contributed by atoms with van der Waals surface area (Å²) < 4.78 is 1.72. The zero-order valence-corrected chi connectivity index (χ0v) is 14.8. The summed E-state index contributed by atoms with van der Waals surface area (Å²) in [4.78, 5) is 12.9. The fourth-order valence-electron chi connectivity index (χ4n) is 2.48. The van der Waals surface area contributed by atoms with Crippen LogP contribution < -0.4 is 5.32 Å². The lowest BCUT2D eigenvalue weighted by Crippen LogP contribution is -2.07. The summed E-state index contributed by atoms with van der Waals surface area (Å²) >= 11 is 1.46. The van der Waals surface area contributed by atoms with Crippen LogP contribution in [0.4, 0.5) is 5.69 Å². The predicted molar refractivity (Wildman–Crippen MR) is 103 cm³/mol. The highest BCUT2D eigenvalue weighted by molar-refractivity contribution is 7.19. The molecule has 26 heavy (non-hydrogen) atoms. The number of anilines is 1. The Morgan fingerprint density at radius 3 is 2.77 bits per heavy atom. The molecule has 0 spiro atoms. The molecule has 2 aromatic heterocycles. The van der Waals surface area contributed by atoms with Gasteiger partial charge in [0.05, 0.1) is 0 Å². The molecule has 7 heteroatoms. The Morgan fingerprint density at radius 2 is 1.96 bits per heavy atom. The number of rotatable bonds is 4. The second kappa shape index (κ2) is 6.89. The zero-order chi connectivity index (χ0) is 17.9. The van der Waals surface area contributed by atoms with Gasteiger partial charge in [0, 0.05) is 17.3 Å². The molecule has 2 heterocycles. The van der Waals surface area contributed by atoms with Crippen LogP contribution in [0.2, 0.25) is 0 Å². The molecule has 4 aromatic rings. The van der Waals surface area contributed by atoms with Crippen LogP contribution in [-0.2, 0) is 4.79 Å². The van der Waals surface area contributed by atoms with Gasteiger partial charge in [0.15, 0.2) is 5.82 Å². The van der Waals surface area contributed by atoms with Crippen molar-refractivity contribution in [2.45, 2.75) is 6.92 Å². The van der Waals surface area contributed by atoms with E-state index in [9.17, 15) is 4.79 Å². The second-order valence-electron chi connectivity index (χ2n) is 5.66. The molecule has 0 bridgehead atoms. The van der Waals surface area contributed by atoms with Crippen LogP contribution in [0.1, 0.15) is 11.4 Å². The summed E-state index contributed by atoms with van der Waals surface area (Å²) in [6.45, 7) is 1.86. The fourth-order valence-corrected chi connectivity index (χ4v) is 3.36. The lowest BCUT2D eigenvalue weighted by Gasteiger charge is -2.04. The molecule has 0 saturated carbocycles. The maximum Gasteiger partial charge on any atom is 0.248 e. The maximum absolute atomic E-state index is 12.1. The van der Waals surface area contributed by atoms with E-state index < -0.39 is 0 Å². The molecule has 0 unspecified atom stereocenters. The first-order chi connectivity index (χ1) is 12.7. The zero-order valence-electron chi connectivity index (χ0n) is 14.0. The van der Waals surface area contributed by atoms with Crippen molar-refractivity contribution in [1.29, 1.82) is 0 Å². The van der Waals surface area contributed by atoms with Crippen molar-refractivity contribution in [3.05, 3.63) is 72.1 Å². The van der Waals surface area contributed by atoms with Gasteiger partial charge in [-0.3, -0.25) is 4.79 Å². The Hall–Kier alpha value is -3.32. The average molecular weight is 361 g/mol. The first kappa shape index (κ1) is 16.2. The molecule has 0 radical (unpaired) electrons. The number of aromatic nitrogens is 4. The van der Waals surface area contributed by atoms with E-state index in [1.54, 1.807) is 10.6 Å². The number of carbonyl (C=O) groups excluding carboxylic acids is 1. The molecule has 0 saturated heterocycles. The molecule has 0 fully saturated rings. The molecule has 4 rings (SSSR count). The van der Waals surface area contributed by atoms with Gasteiger partial charge in [-0.05, 0) is 30.7 Å². The predicted octanol–water partition coefficient (Wildman–Crippen LogP) is 3.81. The van der Waals surface area contributed by atoms with E-state index in [2.05, 4.69) is 20.6 Å². The third kappa shape index (κ3) is 3.38. The number of nitrogens with zero attached hydrogens (tertiary/aromatic N) is 4. The smallest absolute Gasteiger partial charge is 0.248 e. The molecule has 2 aromatic carbocycles. The van der Waals surface area contributed by atoms with Gasteiger partial charge in [0.25, 0.3) is 0 Å². The molecule has 0 aliphatic heterocycles. The van der Waals surface area contributed by atoms with E-state index in [1.165, 1.54) is 17.4 Å². The molecule has 0 aliphatic rings. The molecule has 0 aliphatic carbocycles. The number of hydrogen-bond acceptors (Lipinski definition) is 5. The third-order valence-corrected chi connectivity index (χ3v) is 4.70. The number of hydrogen-bond donors (Lipinski definition) is 1. The molecule has 128 valence electrons. The monoisotopic (exact) mass is 361 g/mol. The van der Waals surface area contributed by atoms with Crippen LogP contribution in [0, 0.1) is 6.92 Å². The van der Waals surface area contributed by atoms with Crippen molar-refractivity contribution < 1.29 is 4.79 Å². The van der Waals surface area contributed by atoms with E-state index >= 15 is 0 Å². The summed E-state index contributed by atoms with van der Waals surface area (Å²) in [6.07, 6.45) is 3.30. The summed E-state index contributed by atoms with van der Waals surface area (Å²) in [5.41, 5.74) is 2.61. The van der Waals surface area contributed by atoms with Crippen LogP contribution >= 0.6 is 11.3 Å². The molecule has 0 atom stereocenters. The highest BCUT2D eigenvalue weighted by atomic mass is 32.1.